The van der Waals surface area contributed by atoms with Crippen molar-refractivity contribution in [2.24, 2.45) is 0 Å². The highest BCUT2D eigenvalue weighted by Gasteiger charge is 2.26. The quantitative estimate of drug-likeness (QED) is 0.844. The topological polar surface area (TPSA) is 45.1 Å². The van der Waals surface area contributed by atoms with E-state index in [9.17, 15) is 5.11 Å². The minimum atomic E-state index is -0.567. The van der Waals surface area contributed by atoms with Crippen LogP contribution in [0, 0.1) is 0 Å². The summed E-state index contributed by atoms with van der Waals surface area (Å²) in [5.74, 6) is 0. The van der Waals surface area contributed by atoms with Gasteiger partial charge in [0.05, 0.1) is 17.8 Å². The van der Waals surface area contributed by atoms with Crippen molar-refractivity contribution in [1.82, 2.24) is 4.98 Å². The van der Waals surface area contributed by atoms with Crippen molar-refractivity contribution in [3.8, 4) is 0 Å². The lowest BCUT2D eigenvalue weighted by Gasteiger charge is -2.29. The lowest BCUT2D eigenvalue weighted by molar-refractivity contribution is 0.221. The van der Waals surface area contributed by atoms with Crippen molar-refractivity contribution in [2.75, 3.05) is 11.9 Å². The van der Waals surface area contributed by atoms with E-state index >= 15 is 0 Å². The number of aliphatic hydroxyl groups is 1. The van der Waals surface area contributed by atoms with Gasteiger partial charge in [0.25, 0.3) is 0 Å². The van der Waals surface area contributed by atoms with Gasteiger partial charge >= 0.3 is 0 Å². The standard InChI is InChI=1S/C14H16N2O/c1-14(11-17,13-9-5-6-10-15-13)16-12-7-3-2-4-8-12/h2-10,16-17H,11H2,1H3. The highest BCUT2D eigenvalue weighted by Crippen LogP contribution is 2.23. The van der Waals surface area contributed by atoms with Gasteiger partial charge in [0, 0.05) is 11.9 Å². The molecular weight excluding hydrogens is 212 g/mol. The predicted molar refractivity (Wildman–Crippen MR) is 68.7 cm³/mol. The molecule has 88 valence electrons. The molecule has 0 aliphatic carbocycles. The third-order valence-electron chi connectivity index (χ3n) is 2.74. The predicted octanol–water partition coefficient (Wildman–Crippen LogP) is 2.40. The van der Waals surface area contributed by atoms with E-state index in [1.54, 1.807) is 6.20 Å². The number of hydrogen-bond donors (Lipinski definition) is 2. The molecule has 0 saturated carbocycles. The molecule has 3 nitrogen and oxygen atoms in total. The van der Waals surface area contributed by atoms with Gasteiger partial charge in [0.2, 0.25) is 0 Å². The van der Waals surface area contributed by atoms with E-state index in [2.05, 4.69) is 10.3 Å². The van der Waals surface area contributed by atoms with Crippen LogP contribution in [0.2, 0.25) is 0 Å². The third-order valence-corrected chi connectivity index (χ3v) is 2.74. The summed E-state index contributed by atoms with van der Waals surface area (Å²) in [4.78, 5) is 4.30. The molecule has 2 N–H and O–H groups in total. The Morgan fingerprint density at radius 1 is 1.12 bits per heavy atom. The smallest absolute Gasteiger partial charge is 0.1000 e. The number of nitrogens with zero attached hydrogens (tertiary/aromatic N) is 1. The second-order valence-corrected chi connectivity index (χ2v) is 4.20. The number of anilines is 1. The van der Waals surface area contributed by atoms with Crippen LogP contribution in [-0.2, 0) is 5.54 Å². The highest BCUT2D eigenvalue weighted by molar-refractivity contribution is 5.46. The van der Waals surface area contributed by atoms with E-state index in [-0.39, 0.29) is 6.61 Å². The SMILES string of the molecule is CC(CO)(Nc1ccccc1)c1ccccn1. The van der Waals surface area contributed by atoms with Gasteiger partial charge in [-0.3, -0.25) is 4.98 Å². The van der Waals surface area contributed by atoms with Crippen molar-refractivity contribution in [2.45, 2.75) is 12.5 Å². The highest BCUT2D eigenvalue weighted by atomic mass is 16.3. The summed E-state index contributed by atoms with van der Waals surface area (Å²) in [6.07, 6.45) is 1.73. The third kappa shape index (κ3) is 2.63. The Labute approximate surface area is 101 Å². The molecule has 1 aromatic heterocycles. The monoisotopic (exact) mass is 228 g/mol. The number of rotatable bonds is 4. The molecule has 2 rings (SSSR count). The van der Waals surface area contributed by atoms with Crippen LogP contribution in [0.15, 0.2) is 54.7 Å². The summed E-state index contributed by atoms with van der Waals surface area (Å²) in [6, 6.07) is 15.5. The zero-order chi connectivity index (χ0) is 12.1. The zero-order valence-corrected chi connectivity index (χ0v) is 9.80. The number of hydrogen-bond acceptors (Lipinski definition) is 3. The van der Waals surface area contributed by atoms with Crippen LogP contribution in [0.4, 0.5) is 5.69 Å². The normalized spacial score (nSPS) is 14.0. The summed E-state index contributed by atoms with van der Waals surface area (Å²) >= 11 is 0. The molecule has 0 aliphatic heterocycles. The maximum atomic E-state index is 9.60. The van der Waals surface area contributed by atoms with Crippen LogP contribution >= 0.6 is 0 Å². The maximum Gasteiger partial charge on any atom is 0.1000 e. The molecule has 0 spiro atoms. The number of aliphatic hydroxyl groups excluding tert-OH is 1. The van der Waals surface area contributed by atoms with Gasteiger partial charge < -0.3 is 10.4 Å². The van der Waals surface area contributed by atoms with Crippen molar-refractivity contribution in [3.63, 3.8) is 0 Å². The van der Waals surface area contributed by atoms with E-state index in [1.807, 2.05) is 55.5 Å². The molecule has 1 atom stereocenters. The van der Waals surface area contributed by atoms with Crippen molar-refractivity contribution >= 4 is 5.69 Å². The fourth-order valence-corrected chi connectivity index (χ4v) is 1.71. The van der Waals surface area contributed by atoms with Crippen LogP contribution in [0.1, 0.15) is 12.6 Å². The number of para-hydroxylation sites is 1. The molecule has 17 heavy (non-hydrogen) atoms. The molecule has 1 aromatic carbocycles. The van der Waals surface area contributed by atoms with E-state index in [0.29, 0.717) is 0 Å². The van der Waals surface area contributed by atoms with E-state index in [0.717, 1.165) is 11.4 Å². The Balaban J connectivity index is 2.27. The van der Waals surface area contributed by atoms with Gasteiger partial charge in [-0.05, 0) is 31.2 Å². The van der Waals surface area contributed by atoms with Crippen LogP contribution in [0.25, 0.3) is 0 Å². The molecular formula is C14H16N2O. The van der Waals surface area contributed by atoms with Crippen LogP contribution in [-0.4, -0.2) is 16.7 Å². The van der Waals surface area contributed by atoms with Crippen LogP contribution < -0.4 is 5.32 Å². The van der Waals surface area contributed by atoms with Crippen LogP contribution in [0.5, 0.6) is 0 Å². The van der Waals surface area contributed by atoms with Gasteiger partial charge in [-0.1, -0.05) is 24.3 Å². The fraction of sp³-hybridized carbons (Fsp3) is 0.214. The molecule has 0 saturated heterocycles. The first-order chi connectivity index (χ1) is 8.24. The summed E-state index contributed by atoms with van der Waals surface area (Å²) in [7, 11) is 0. The number of pyridine rings is 1. The maximum absolute atomic E-state index is 9.60. The minimum absolute atomic E-state index is 0.0150. The van der Waals surface area contributed by atoms with Crippen molar-refractivity contribution in [3.05, 3.63) is 60.4 Å². The second-order valence-electron chi connectivity index (χ2n) is 4.20. The summed E-state index contributed by atoms with van der Waals surface area (Å²) in [6.45, 7) is 1.92. The average molecular weight is 228 g/mol. The molecule has 0 radical (unpaired) electrons. The zero-order valence-electron chi connectivity index (χ0n) is 9.80. The lowest BCUT2D eigenvalue weighted by atomic mass is 9.97. The molecule has 0 bridgehead atoms. The van der Waals surface area contributed by atoms with E-state index < -0.39 is 5.54 Å². The lowest BCUT2D eigenvalue weighted by Crippen LogP contribution is -2.36. The summed E-state index contributed by atoms with van der Waals surface area (Å²) in [5.41, 5.74) is 1.23. The number of benzene rings is 1. The second kappa shape index (κ2) is 4.97. The van der Waals surface area contributed by atoms with Gasteiger partial charge in [0.15, 0.2) is 0 Å². The summed E-state index contributed by atoms with van der Waals surface area (Å²) in [5, 5.41) is 12.9. The Hall–Kier alpha value is -1.87. The summed E-state index contributed by atoms with van der Waals surface area (Å²) < 4.78 is 0. The van der Waals surface area contributed by atoms with Crippen molar-refractivity contribution in [1.29, 1.82) is 0 Å². The molecule has 1 heterocycles. The largest absolute Gasteiger partial charge is 0.394 e. The van der Waals surface area contributed by atoms with Gasteiger partial charge in [0.1, 0.15) is 0 Å². The Bertz CT molecular complexity index is 458. The first kappa shape index (κ1) is 11.6. The first-order valence-electron chi connectivity index (χ1n) is 5.60. The van der Waals surface area contributed by atoms with Gasteiger partial charge in [-0.2, -0.15) is 0 Å². The van der Waals surface area contributed by atoms with Crippen LogP contribution in [0.3, 0.4) is 0 Å². The molecule has 1 unspecified atom stereocenters. The minimum Gasteiger partial charge on any atom is -0.394 e. The van der Waals surface area contributed by atoms with E-state index in [1.165, 1.54) is 0 Å². The molecule has 2 aromatic rings. The first-order valence-corrected chi connectivity index (χ1v) is 5.60. The molecule has 0 amide bonds. The Morgan fingerprint density at radius 2 is 1.82 bits per heavy atom. The van der Waals surface area contributed by atoms with E-state index in [4.69, 9.17) is 0 Å². The molecule has 0 fully saturated rings. The molecule has 3 heteroatoms. The Kier molecular flexibility index (Phi) is 3.40. The fourth-order valence-electron chi connectivity index (χ4n) is 1.71. The average Bonchev–Trinajstić information content (AvgIpc) is 2.41. The Morgan fingerprint density at radius 3 is 2.41 bits per heavy atom. The number of aromatic nitrogens is 1. The number of nitrogens with one attached hydrogen (secondary N) is 1. The van der Waals surface area contributed by atoms with Gasteiger partial charge in [-0.15, -0.1) is 0 Å². The molecule has 0 aliphatic rings. The van der Waals surface area contributed by atoms with Gasteiger partial charge in [-0.25, -0.2) is 0 Å². The van der Waals surface area contributed by atoms with Crippen molar-refractivity contribution < 1.29 is 5.11 Å².